The predicted octanol–water partition coefficient (Wildman–Crippen LogP) is 1.43. The lowest BCUT2D eigenvalue weighted by molar-refractivity contribution is 0.842. The third-order valence-electron chi connectivity index (χ3n) is 2.33. The summed E-state index contributed by atoms with van der Waals surface area (Å²) in [6.07, 6.45) is 2.83. The van der Waals surface area contributed by atoms with Gasteiger partial charge in [0.2, 0.25) is 0 Å². The fourth-order valence-corrected chi connectivity index (χ4v) is 1.47. The summed E-state index contributed by atoms with van der Waals surface area (Å²) in [7, 11) is 0. The standard InChI is InChI=1S/C11H19N3/c1-3-14(4-2)11-6-5-10(7-8-12)9-13-11/h5-6,9H,3-4,7-8,12H2,1-2H3. The Morgan fingerprint density at radius 3 is 2.43 bits per heavy atom. The summed E-state index contributed by atoms with van der Waals surface area (Å²) < 4.78 is 0. The normalized spacial score (nSPS) is 10.2. The van der Waals surface area contributed by atoms with Crippen molar-refractivity contribution in [1.29, 1.82) is 0 Å². The van der Waals surface area contributed by atoms with Crippen LogP contribution in [0, 0.1) is 0 Å². The Morgan fingerprint density at radius 1 is 1.29 bits per heavy atom. The minimum Gasteiger partial charge on any atom is -0.357 e. The van der Waals surface area contributed by atoms with E-state index in [1.807, 2.05) is 6.20 Å². The number of aromatic nitrogens is 1. The maximum atomic E-state index is 5.47. The van der Waals surface area contributed by atoms with Crippen LogP contribution in [0.2, 0.25) is 0 Å². The molecule has 0 radical (unpaired) electrons. The van der Waals surface area contributed by atoms with Gasteiger partial charge in [-0.25, -0.2) is 4.98 Å². The molecule has 0 aliphatic heterocycles. The minimum absolute atomic E-state index is 0.687. The Hall–Kier alpha value is -1.09. The van der Waals surface area contributed by atoms with Crippen LogP contribution in [0.15, 0.2) is 18.3 Å². The highest BCUT2D eigenvalue weighted by Gasteiger charge is 2.01. The molecule has 0 unspecified atom stereocenters. The second-order valence-corrected chi connectivity index (χ2v) is 3.24. The van der Waals surface area contributed by atoms with Crippen molar-refractivity contribution < 1.29 is 0 Å². The summed E-state index contributed by atoms with van der Waals surface area (Å²) in [5.74, 6) is 1.05. The molecule has 1 heterocycles. The highest BCUT2D eigenvalue weighted by atomic mass is 15.2. The van der Waals surface area contributed by atoms with E-state index in [0.717, 1.165) is 25.3 Å². The fourth-order valence-electron chi connectivity index (χ4n) is 1.47. The molecule has 0 aliphatic carbocycles. The fraction of sp³-hybridized carbons (Fsp3) is 0.545. The molecule has 0 aliphatic rings. The van der Waals surface area contributed by atoms with Gasteiger partial charge in [0.15, 0.2) is 0 Å². The van der Waals surface area contributed by atoms with Gasteiger partial charge in [0, 0.05) is 19.3 Å². The highest BCUT2D eigenvalue weighted by Crippen LogP contribution is 2.10. The molecule has 0 saturated carbocycles. The molecule has 0 fully saturated rings. The molecule has 0 bridgehead atoms. The Labute approximate surface area is 85.9 Å². The van der Waals surface area contributed by atoms with Crippen LogP contribution in [0.5, 0.6) is 0 Å². The smallest absolute Gasteiger partial charge is 0.128 e. The average molecular weight is 193 g/mol. The van der Waals surface area contributed by atoms with Gasteiger partial charge in [-0.2, -0.15) is 0 Å². The molecule has 78 valence electrons. The van der Waals surface area contributed by atoms with Crippen LogP contribution in [0.4, 0.5) is 5.82 Å². The molecule has 0 aromatic carbocycles. The van der Waals surface area contributed by atoms with Crippen LogP contribution >= 0.6 is 0 Å². The lowest BCUT2D eigenvalue weighted by Gasteiger charge is -2.19. The molecule has 1 aromatic heterocycles. The van der Waals surface area contributed by atoms with Crippen molar-refractivity contribution in [1.82, 2.24) is 4.98 Å². The lowest BCUT2D eigenvalue weighted by atomic mass is 10.2. The third kappa shape index (κ3) is 2.70. The molecule has 14 heavy (non-hydrogen) atoms. The van der Waals surface area contributed by atoms with Crippen molar-refractivity contribution in [3.8, 4) is 0 Å². The van der Waals surface area contributed by atoms with Crippen LogP contribution in [-0.2, 0) is 6.42 Å². The minimum atomic E-state index is 0.687. The van der Waals surface area contributed by atoms with Gasteiger partial charge >= 0.3 is 0 Å². The van der Waals surface area contributed by atoms with Gasteiger partial charge in [0.05, 0.1) is 0 Å². The summed E-state index contributed by atoms with van der Waals surface area (Å²) in [6, 6.07) is 4.17. The van der Waals surface area contributed by atoms with Gasteiger partial charge in [0.1, 0.15) is 5.82 Å². The maximum Gasteiger partial charge on any atom is 0.128 e. The second kappa shape index (κ2) is 5.60. The molecule has 0 spiro atoms. The molecular weight excluding hydrogens is 174 g/mol. The van der Waals surface area contributed by atoms with Gasteiger partial charge in [-0.3, -0.25) is 0 Å². The number of pyridine rings is 1. The average Bonchev–Trinajstić information content (AvgIpc) is 2.23. The Morgan fingerprint density at radius 2 is 2.00 bits per heavy atom. The van der Waals surface area contributed by atoms with Crippen molar-refractivity contribution in [3.05, 3.63) is 23.9 Å². The molecule has 3 nitrogen and oxygen atoms in total. The SMILES string of the molecule is CCN(CC)c1ccc(CCN)cn1. The molecule has 0 saturated heterocycles. The Kier molecular flexibility index (Phi) is 4.40. The summed E-state index contributed by atoms with van der Waals surface area (Å²) >= 11 is 0. The van der Waals surface area contributed by atoms with Gasteiger partial charge in [0.25, 0.3) is 0 Å². The number of anilines is 1. The van der Waals surface area contributed by atoms with Gasteiger partial charge < -0.3 is 10.6 Å². The van der Waals surface area contributed by atoms with E-state index in [-0.39, 0.29) is 0 Å². The predicted molar refractivity (Wildman–Crippen MR) is 60.6 cm³/mol. The first-order valence-electron chi connectivity index (χ1n) is 5.21. The van der Waals surface area contributed by atoms with Crippen LogP contribution in [-0.4, -0.2) is 24.6 Å². The van der Waals surface area contributed by atoms with E-state index < -0.39 is 0 Å². The van der Waals surface area contributed by atoms with Gasteiger partial charge in [-0.05, 0) is 38.4 Å². The summed E-state index contributed by atoms with van der Waals surface area (Å²) in [5, 5.41) is 0. The van der Waals surface area contributed by atoms with E-state index in [4.69, 9.17) is 5.73 Å². The third-order valence-corrected chi connectivity index (χ3v) is 2.33. The van der Waals surface area contributed by atoms with E-state index in [1.165, 1.54) is 5.56 Å². The van der Waals surface area contributed by atoms with Crippen LogP contribution in [0.1, 0.15) is 19.4 Å². The summed E-state index contributed by atoms with van der Waals surface area (Å²) in [5.41, 5.74) is 6.68. The van der Waals surface area contributed by atoms with Crippen LogP contribution in [0.3, 0.4) is 0 Å². The summed E-state index contributed by atoms with van der Waals surface area (Å²) in [4.78, 5) is 6.64. The lowest BCUT2D eigenvalue weighted by Crippen LogP contribution is -2.22. The first kappa shape index (κ1) is 11.0. The zero-order valence-corrected chi connectivity index (χ0v) is 9.03. The number of nitrogens with two attached hydrogens (primary N) is 1. The second-order valence-electron chi connectivity index (χ2n) is 3.24. The largest absolute Gasteiger partial charge is 0.357 e. The molecule has 3 heteroatoms. The number of hydrogen-bond donors (Lipinski definition) is 1. The Balaban J connectivity index is 2.71. The zero-order chi connectivity index (χ0) is 10.4. The van der Waals surface area contributed by atoms with Crippen LogP contribution in [0.25, 0.3) is 0 Å². The molecule has 0 atom stereocenters. The van der Waals surface area contributed by atoms with E-state index in [0.29, 0.717) is 6.54 Å². The first-order valence-corrected chi connectivity index (χ1v) is 5.21. The quantitative estimate of drug-likeness (QED) is 0.769. The van der Waals surface area contributed by atoms with Crippen molar-refractivity contribution in [2.75, 3.05) is 24.5 Å². The van der Waals surface area contributed by atoms with E-state index in [2.05, 4.69) is 35.9 Å². The van der Waals surface area contributed by atoms with Gasteiger partial charge in [-0.1, -0.05) is 6.07 Å². The number of rotatable bonds is 5. The van der Waals surface area contributed by atoms with E-state index in [1.54, 1.807) is 0 Å². The maximum absolute atomic E-state index is 5.47. The number of nitrogens with zero attached hydrogens (tertiary/aromatic N) is 2. The highest BCUT2D eigenvalue weighted by molar-refractivity contribution is 5.38. The number of hydrogen-bond acceptors (Lipinski definition) is 3. The molecule has 1 aromatic rings. The molecule has 0 amide bonds. The van der Waals surface area contributed by atoms with E-state index in [9.17, 15) is 0 Å². The monoisotopic (exact) mass is 193 g/mol. The molecular formula is C11H19N3. The first-order chi connectivity index (χ1) is 6.81. The van der Waals surface area contributed by atoms with Crippen molar-refractivity contribution >= 4 is 5.82 Å². The van der Waals surface area contributed by atoms with Crippen LogP contribution < -0.4 is 10.6 Å². The van der Waals surface area contributed by atoms with Gasteiger partial charge in [-0.15, -0.1) is 0 Å². The summed E-state index contributed by atoms with van der Waals surface area (Å²) in [6.45, 7) is 6.96. The van der Waals surface area contributed by atoms with Crippen molar-refractivity contribution in [3.63, 3.8) is 0 Å². The Bertz CT molecular complexity index is 252. The topological polar surface area (TPSA) is 42.1 Å². The molecule has 2 N–H and O–H groups in total. The van der Waals surface area contributed by atoms with Crippen molar-refractivity contribution in [2.24, 2.45) is 5.73 Å². The van der Waals surface area contributed by atoms with Crippen molar-refractivity contribution in [2.45, 2.75) is 20.3 Å². The zero-order valence-electron chi connectivity index (χ0n) is 9.03. The van der Waals surface area contributed by atoms with E-state index >= 15 is 0 Å². The molecule has 1 rings (SSSR count).